The molecule has 0 saturated heterocycles. The number of ether oxygens (including phenoxy) is 1. The number of esters is 1. The van der Waals surface area contributed by atoms with Crippen molar-refractivity contribution >= 4 is 11.9 Å². The van der Waals surface area contributed by atoms with Crippen LogP contribution in [-0.2, 0) is 27.3 Å². The molecule has 1 aromatic heterocycles. The molecule has 0 aliphatic heterocycles. The van der Waals surface area contributed by atoms with Gasteiger partial charge < -0.3 is 14.1 Å². The normalized spacial score (nSPS) is 11.9. The van der Waals surface area contributed by atoms with E-state index in [9.17, 15) is 9.59 Å². The van der Waals surface area contributed by atoms with Crippen LogP contribution in [0.5, 0.6) is 0 Å². The van der Waals surface area contributed by atoms with Crippen LogP contribution in [0.25, 0.3) is 0 Å². The number of furan rings is 1. The molecule has 174 valence electrons. The van der Waals surface area contributed by atoms with Crippen molar-refractivity contribution < 1.29 is 18.7 Å². The summed E-state index contributed by atoms with van der Waals surface area (Å²) in [5.41, 5.74) is 1.17. The molecule has 0 aliphatic carbocycles. The first-order valence-corrected chi connectivity index (χ1v) is 11.4. The molecule has 0 bridgehead atoms. The Morgan fingerprint density at radius 1 is 1.16 bits per heavy atom. The van der Waals surface area contributed by atoms with Gasteiger partial charge in [-0.1, -0.05) is 49.8 Å². The van der Waals surface area contributed by atoms with Crippen LogP contribution in [0.2, 0.25) is 0 Å². The maximum Gasteiger partial charge on any atom is 0.323 e. The molecule has 6 heteroatoms. The summed E-state index contributed by atoms with van der Waals surface area (Å²) in [5.74, 6) is 1.22. The first-order valence-electron chi connectivity index (χ1n) is 11.4. The van der Waals surface area contributed by atoms with E-state index in [1.807, 2.05) is 49.1 Å². The average Bonchev–Trinajstić information content (AvgIpc) is 3.20. The number of benzene rings is 1. The fourth-order valence-corrected chi connectivity index (χ4v) is 3.66. The lowest BCUT2D eigenvalue weighted by atomic mass is 10.1. The molecule has 6 nitrogen and oxygen atoms in total. The highest BCUT2D eigenvalue weighted by Gasteiger charge is 2.29. The Balaban J connectivity index is 2.17. The summed E-state index contributed by atoms with van der Waals surface area (Å²) in [5, 5.41) is 0. The molecular weight excluding hydrogens is 404 g/mol. The zero-order chi connectivity index (χ0) is 23.3. The van der Waals surface area contributed by atoms with Crippen LogP contribution in [0.3, 0.4) is 0 Å². The second kappa shape index (κ2) is 13.5. The van der Waals surface area contributed by atoms with E-state index in [0.717, 1.165) is 24.4 Å². The topological polar surface area (TPSA) is 63.0 Å². The summed E-state index contributed by atoms with van der Waals surface area (Å²) in [6.45, 7) is 11.3. The molecule has 0 unspecified atom stereocenters. The largest absolute Gasteiger partial charge is 0.465 e. The van der Waals surface area contributed by atoms with Crippen molar-refractivity contribution in [3.05, 3.63) is 72.2 Å². The number of carbonyl (C=O) groups is 2. The van der Waals surface area contributed by atoms with Crippen molar-refractivity contribution in [1.82, 2.24) is 9.80 Å². The van der Waals surface area contributed by atoms with E-state index < -0.39 is 6.04 Å². The van der Waals surface area contributed by atoms with Gasteiger partial charge in [0.15, 0.2) is 0 Å². The number of carbonyl (C=O) groups excluding carboxylic acids is 2. The SMILES string of the molecule is C=CCN(CC(=O)N(CCc1ccccc1)Cc1ccc(C)o1)[C@@H](CCC)C(=O)OCC. The van der Waals surface area contributed by atoms with E-state index in [-0.39, 0.29) is 18.4 Å². The minimum atomic E-state index is -0.469. The Hall–Kier alpha value is -2.86. The van der Waals surface area contributed by atoms with Crippen LogP contribution in [0, 0.1) is 6.92 Å². The standard InChI is InChI=1S/C26H36N2O4/c1-5-11-24(26(30)31-7-3)27(17-6-2)20-25(29)28(19-23-15-14-21(4)32-23)18-16-22-12-9-8-10-13-22/h6,8-10,12-15,24H,2,5,7,11,16-20H2,1,3-4H3/t24-/m0/s1. The van der Waals surface area contributed by atoms with Crippen LogP contribution in [-0.4, -0.2) is 54.0 Å². The highest BCUT2D eigenvalue weighted by Crippen LogP contribution is 2.14. The summed E-state index contributed by atoms with van der Waals surface area (Å²) in [4.78, 5) is 29.6. The van der Waals surface area contributed by atoms with Crippen molar-refractivity contribution in [2.45, 2.75) is 52.6 Å². The van der Waals surface area contributed by atoms with E-state index in [1.165, 1.54) is 5.56 Å². The Morgan fingerprint density at radius 3 is 2.50 bits per heavy atom. The molecular formula is C26H36N2O4. The molecule has 2 aromatic rings. The van der Waals surface area contributed by atoms with Gasteiger partial charge in [0.25, 0.3) is 0 Å². The highest BCUT2D eigenvalue weighted by atomic mass is 16.5. The van der Waals surface area contributed by atoms with Gasteiger partial charge in [-0.15, -0.1) is 6.58 Å². The zero-order valence-electron chi connectivity index (χ0n) is 19.6. The van der Waals surface area contributed by atoms with Crippen LogP contribution in [0.4, 0.5) is 0 Å². The predicted molar refractivity (Wildman–Crippen MR) is 126 cm³/mol. The fourth-order valence-electron chi connectivity index (χ4n) is 3.66. The minimum absolute atomic E-state index is 0.0535. The second-order valence-corrected chi connectivity index (χ2v) is 7.84. The lowest BCUT2D eigenvalue weighted by Crippen LogP contribution is -2.48. The maximum absolute atomic E-state index is 13.4. The molecule has 1 atom stereocenters. The van der Waals surface area contributed by atoms with Gasteiger partial charge in [0, 0.05) is 13.1 Å². The Morgan fingerprint density at radius 2 is 1.91 bits per heavy atom. The van der Waals surface area contributed by atoms with Gasteiger partial charge >= 0.3 is 5.97 Å². The lowest BCUT2D eigenvalue weighted by Gasteiger charge is -2.31. The minimum Gasteiger partial charge on any atom is -0.465 e. The molecule has 32 heavy (non-hydrogen) atoms. The monoisotopic (exact) mass is 440 g/mol. The number of rotatable bonds is 14. The van der Waals surface area contributed by atoms with Crippen molar-refractivity contribution in [3.63, 3.8) is 0 Å². The van der Waals surface area contributed by atoms with E-state index in [4.69, 9.17) is 9.15 Å². The average molecular weight is 441 g/mol. The molecule has 0 fully saturated rings. The second-order valence-electron chi connectivity index (χ2n) is 7.84. The van der Waals surface area contributed by atoms with Crippen LogP contribution >= 0.6 is 0 Å². The third-order valence-electron chi connectivity index (χ3n) is 5.27. The van der Waals surface area contributed by atoms with Gasteiger partial charge in [0.05, 0.1) is 19.7 Å². The van der Waals surface area contributed by atoms with E-state index in [0.29, 0.717) is 32.7 Å². The number of hydrogen-bond donors (Lipinski definition) is 0. The van der Waals surface area contributed by atoms with E-state index in [2.05, 4.69) is 18.7 Å². The third kappa shape index (κ3) is 8.00. The van der Waals surface area contributed by atoms with Crippen LogP contribution < -0.4 is 0 Å². The van der Waals surface area contributed by atoms with Crippen molar-refractivity contribution in [2.75, 3.05) is 26.2 Å². The Bertz CT molecular complexity index is 847. The van der Waals surface area contributed by atoms with Gasteiger partial charge in [-0.3, -0.25) is 14.5 Å². The first kappa shape index (κ1) is 25.4. The molecule has 0 spiro atoms. The van der Waals surface area contributed by atoms with E-state index >= 15 is 0 Å². The van der Waals surface area contributed by atoms with Gasteiger partial charge in [-0.2, -0.15) is 0 Å². The van der Waals surface area contributed by atoms with Gasteiger partial charge in [-0.05, 0) is 44.4 Å². The van der Waals surface area contributed by atoms with Crippen molar-refractivity contribution in [1.29, 1.82) is 0 Å². The third-order valence-corrected chi connectivity index (χ3v) is 5.27. The number of amides is 1. The number of nitrogens with zero attached hydrogens (tertiary/aromatic N) is 2. The molecule has 0 N–H and O–H groups in total. The van der Waals surface area contributed by atoms with Gasteiger partial charge in [-0.25, -0.2) is 0 Å². The number of hydrogen-bond acceptors (Lipinski definition) is 5. The predicted octanol–water partition coefficient (Wildman–Crippen LogP) is 4.38. The fraction of sp³-hybridized carbons (Fsp3) is 0.462. The quantitative estimate of drug-likeness (QED) is 0.322. The summed E-state index contributed by atoms with van der Waals surface area (Å²) >= 11 is 0. The number of aryl methyl sites for hydroxylation is 1. The molecule has 0 saturated carbocycles. The Labute approximate surface area is 191 Å². The molecule has 1 heterocycles. The maximum atomic E-state index is 13.4. The van der Waals surface area contributed by atoms with Crippen LogP contribution in [0.15, 0.2) is 59.5 Å². The smallest absolute Gasteiger partial charge is 0.323 e. The molecule has 2 rings (SSSR count). The molecule has 0 radical (unpaired) electrons. The summed E-state index contributed by atoms with van der Waals surface area (Å²) < 4.78 is 11.0. The first-order chi connectivity index (χ1) is 15.5. The van der Waals surface area contributed by atoms with Crippen LogP contribution in [0.1, 0.15) is 43.8 Å². The Kier molecular flexibility index (Phi) is 10.7. The van der Waals surface area contributed by atoms with Crippen molar-refractivity contribution in [3.8, 4) is 0 Å². The van der Waals surface area contributed by atoms with Gasteiger partial charge in [0.1, 0.15) is 17.6 Å². The molecule has 1 amide bonds. The zero-order valence-corrected chi connectivity index (χ0v) is 19.6. The van der Waals surface area contributed by atoms with E-state index in [1.54, 1.807) is 17.9 Å². The summed E-state index contributed by atoms with van der Waals surface area (Å²) in [6, 6.07) is 13.4. The lowest BCUT2D eigenvalue weighted by molar-refractivity contribution is -0.150. The summed E-state index contributed by atoms with van der Waals surface area (Å²) in [7, 11) is 0. The highest BCUT2D eigenvalue weighted by molar-refractivity contribution is 5.80. The van der Waals surface area contributed by atoms with Crippen molar-refractivity contribution in [2.24, 2.45) is 0 Å². The van der Waals surface area contributed by atoms with Gasteiger partial charge in [0.2, 0.25) is 5.91 Å². The molecule has 1 aromatic carbocycles. The molecule has 0 aliphatic rings. The summed E-state index contributed by atoms with van der Waals surface area (Å²) in [6.07, 6.45) is 3.90.